The van der Waals surface area contributed by atoms with Crippen molar-refractivity contribution in [3.8, 4) is 11.8 Å². The Labute approximate surface area is 249 Å². The van der Waals surface area contributed by atoms with Crippen LogP contribution in [0.15, 0.2) is 54.9 Å². The van der Waals surface area contributed by atoms with Crippen LogP contribution in [0, 0.1) is 18.3 Å². The van der Waals surface area contributed by atoms with E-state index in [1.54, 1.807) is 30.3 Å². The first kappa shape index (κ1) is 30.2. The smallest absolute Gasteiger partial charge is 0.339 e. The summed E-state index contributed by atoms with van der Waals surface area (Å²) in [6.45, 7) is 2.87. The number of nitrogens with one attached hydrogen (secondary N) is 2. The average molecular weight is 587 g/mol. The molecule has 2 aromatic carbocycles. The lowest BCUT2D eigenvalue weighted by atomic mass is 10.0. The second kappa shape index (κ2) is 13.8. The summed E-state index contributed by atoms with van der Waals surface area (Å²) in [4.78, 5) is 34.9. The van der Waals surface area contributed by atoms with Gasteiger partial charge in [-0.3, -0.25) is 14.8 Å². The number of hydrogen-bond acceptors (Lipinski definition) is 9. The molecule has 0 spiro atoms. The van der Waals surface area contributed by atoms with E-state index < -0.39 is 5.97 Å². The Morgan fingerprint density at radius 2 is 1.90 bits per heavy atom. The summed E-state index contributed by atoms with van der Waals surface area (Å²) in [5, 5.41) is 17.2. The Balaban J connectivity index is 1.53. The number of halogens is 1. The summed E-state index contributed by atoms with van der Waals surface area (Å²) in [7, 11) is 5.25. The number of ether oxygens (including phenoxy) is 2. The van der Waals surface area contributed by atoms with Crippen molar-refractivity contribution in [1.29, 1.82) is 5.26 Å². The monoisotopic (exact) mass is 586 g/mol. The quantitative estimate of drug-likeness (QED) is 0.208. The van der Waals surface area contributed by atoms with E-state index in [0.29, 0.717) is 62.0 Å². The zero-order valence-electron chi connectivity index (χ0n) is 23.8. The predicted molar refractivity (Wildman–Crippen MR) is 162 cm³/mol. The molecular weight excluding hydrogens is 556 g/mol. The standard InChI is InChI=1S/C31H31ClN6O4/c1-19-12-27-24(14-26(19)37-29(39)6-5-11-38(2)3)30(21(15-33)17-35-27)36-22-9-10-28(25(32)13-22)42-18-23-8-7-20(16-34-23)31(40)41-4/h7-10,12-14,16-17H,5-6,11,18H2,1-4H3,(H,35,36)(H,37,39). The summed E-state index contributed by atoms with van der Waals surface area (Å²) >= 11 is 6.53. The number of aryl methyl sites for hydroxylation is 1. The maximum Gasteiger partial charge on any atom is 0.339 e. The van der Waals surface area contributed by atoms with Crippen LogP contribution < -0.4 is 15.4 Å². The Bertz CT molecular complexity index is 1650. The van der Waals surface area contributed by atoms with Gasteiger partial charge in [0.15, 0.2) is 0 Å². The molecule has 1 amide bonds. The summed E-state index contributed by atoms with van der Waals surface area (Å²) < 4.78 is 10.5. The van der Waals surface area contributed by atoms with Gasteiger partial charge in [0.1, 0.15) is 18.4 Å². The molecule has 0 saturated heterocycles. The van der Waals surface area contributed by atoms with Crippen molar-refractivity contribution in [2.75, 3.05) is 38.4 Å². The minimum Gasteiger partial charge on any atom is -0.486 e. The fraction of sp³-hybridized carbons (Fsp3) is 0.258. The van der Waals surface area contributed by atoms with Crippen molar-refractivity contribution in [3.63, 3.8) is 0 Å². The minimum absolute atomic E-state index is 0.0739. The largest absolute Gasteiger partial charge is 0.486 e. The van der Waals surface area contributed by atoms with Gasteiger partial charge >= 0.3 is 5.97 Å². The first-order valence-electron chi connectivity index (χ1n) is 13.2. The lowest BCUT2D eigenvalue weighted by Gasteiger charge is -2.16. The van der Waals surface area contributed by atoms with Crippen molar-refractivity contribution in [3.05, 3.63) is 82.3 Å². The van der Waals surface area contributed by atoms with Crippen LogP contribution in [0.25, 0.3) is 10.9 Å². The van der Waals surface area contributed by atoms with Crippen LogP contribution in [-0.2, 0) is 16.1 Å². The molecule has 0 bridgehead atoms. The third kappa shape index (κ3) is 7.51. The molecule has 0 fully saturated rings. The number of hydrogen-bond donors (Lipinski definition) is 2. The van der Waals surface area contributed by atoms with Gasteiger partial charge in [-0.15, -0.1) is 0 Å². The first-order valence-corrected chi connectivity index (χ1v) is 13.6. The molecule has 0 unspecified atom stereocenters. The number of aromatic nitrogens is 2. The molecule has 216 valence electrons. The maximum absolute atomic E-state index is 12.6. The summed E-state index contributed by atoms with van der Waals surface area (Å²) in [5.74, 6) is -0.0967. The molecule has 0 aliphatic carbocycles. The fourth-order valence-electron chi connectivity index (χ4n) is 4.21. The van der Waals surface area contributed by atoms with Crippen LogP contribution in [0.4, 0.5) is 17.1 Å². The number of anilines is 3. The lowest BCUT2D eigenvalue weighted by molar-refractivity contribution is -0.116. The summed E-state index contributed by atoms with van der Waals surface area (Å²) in [6, 6.07) is 14.4. The Kier molecular flexibility index (Phi) is 9.91. The second-order valence-corrected chi connectivity index (χ2v) is 10.3. The number of benzene rings is 2. The molecule has 4 aromatic rings. The van der Waals surface area contributed by atoms with Gasteiger partial charge < -0.3 is 25.0 Å². The molecule has 0 atom stereocenters. The third-order valence-corrected chi connectivity index (χ3v) is 6.74. The molecule has 2 N–H and O–H groups in total. The van der Waals surface area contributed by atoms with Crippen LogP contribution >= 0.6 is 11.6 Å². The number of rotatable bonds is 11. The summed E-state index contributed by atoms with van der Waals surface area (Å²) in [6.07, 6.45) is 4.09. The molecule has 42 heavy (non-hydrogen) atoms. The highest BCUT2D eigenvalue weighted by molar-refractivity contribution is 6.32. The highest BCUT2D eigenvalue weighted by Gasteiger charge is 2.15. The SMILES string of the molecule is COC(=O)c1ccc(COc2ccc(Nc3c(C#N)cnc4cc(C)c(NC(=O)CCCN(C)C)cc34)cc2Cl)nc1. The van der Waals surface area contributed by atoms with Crippen LogP contribution in [-0.4, -0.2) is 54.5 Å². The highest BCUT2D eigenvalue weighted by atomic mass is 35.5. The maximum atomic E-state index is 12.6. The second-order valence-electron chi connectivity index (χ2n) is 9.89. The van der Waals surface area contributed by atoms with Crippen molar-refractivity contribution >= 4 is 51.4 Å². The third-order valence-electron chi connectivity index (χ3n) is 6.44. The number of carbonyl (C=O) groups excluding carboxylic acids is 2. The van der Waals surface area contributed by atoms with Gasteiger partial charge in [0.25, 0.3) is 0 Å². The molecule has 2 aromatic heterocycles. The van der Waals surface area contributed by atoms with Crippen molar-refractivity contribution in [1.82, 2.24) is 14.9 Å². The number of pyridine rings is 2. The molecular formula is C31H31ClN6O4. The van der Waals surface area contributed by atoms with E-state index in [1.165, 1.54) is 19.5 Å². The van der Waals surface area contributed by atoms with Crippen LogP contribution in [0.5, 0.6) is 5.75 Å². The van der Waals surface area contributed by atoms with Crippen molar-refractivity contribution in [2.24, 2.45) is 0 Å². The van der Waals surface area contributed by atoms with Gasteiger partial charge in [0, 0.05) is 35.6 Å². The molecule has 0 aliphatic heterocycles. The van der Waals surface area contributed by atoms with E-state index in [1.807, 2.05) is 38.1 Å². The van der Waals surface area contributed by atoms with Gasteiger partial charge in [-0.25, -0.2) is 4.79 Å². The summed E-state index contributed by atoms with van der Waals surface area (Å²) in [5.41, 5.74) is 4.68. The average Bonchev–Trinajstić information content (AvgIpc) is 2.97. The number of nitriles is 1. The number of esters is 1. The minimum atomic E-state index is -0.464. The number of nitrogens with zero attached hydrogens (tertiary/aromatic N) is 4. The van der Waals surface area contributed by atoms with Crippen molar-refractivity contribution < 1.29 is 19.1 Å². The molecule has 0 aliphatic rings. The van der Waals surface area contributed by atoms with E-state index in [2.05, 4.69) is 31.4 Å². The number of amides is 1. The van der Waals surface area contributed by atoms with E-state index in [9.17, 15) is 14.9 Å². The van der Waals surface area contributed by atoms with E-state index in [4.69, 9.17) is 16.3 Å². The highest BCUT2D eigenvalue weighted by Crippen LogP contribution is 2.35. The Morgan fingerprint density at radius 3 is 2.57 bits per heavy atom. The lowest BCUT2D eigenvalue weighted by Crippen LogP contribution is -2.17. The van der Waals surface area contributed by atoms with E-state index in [0.717, 1.165) is 18.5 Å². The molecule has 0 radical (unpaired) electrons. The number of methoxy groups -OCH3 is 1. The van der Waals surface area contributed by atoms with Crippen LogP contribution in [0.1, 0.15) is 40.0 Å². The van der Waals surface area contributed by atoms with Gasteiger partial charge in [0.05, 0.1) is 40.2 Å². The van der Waals surface area contributed by atoms with Gasteiger partial charge in [-0.05, 0) is 82.0 Å². The molecule has 2 heterocycles. The van der Waals surface area contributed by atoms with Crippen LogP contribution in [0.3, 0.4) is 0 Å². The van der Waals surface area contributed by atoms with Gasteiger partial charge in [0.2, 0.25) is 5.91 Å². The Hall–Kier alpha value is -4.72. The van der Waals surface area contributed by atoms with E-state index >= 15 is 0 Å². The molecule has 0 saturated carbocycles. The zero-order valence-corrected chi connectivity index (χ0v) is 24.6. The van der Waals surface area contributed by atoms with Gasteiger partial charge in [-0.2, -0.15) is 5.26 Å². The molecule has 10 nitrogen and oxygen atoms in total. The van der Waals surface area contributed by atoms with Crippen LogP contribution in [0.2, 0.25) is 5.02 Å². The number of fused-ring (bicyclic) bond motifs is 1. The topological polar surface area (TPSA) is 129 Å². The predicted octanol–water partition coefficient (Wildman–Crippen LogP) is 5.85. The van der Waals surface area contributed by atoms with Crippen molar-refractivity contribution in [2.45, 2.75) is 26.4 Å². The van der Waals surface area contributed by atoms with E-state index in [-0.39, 0.29) is 12.5 Å². The number of carbonyl (C=O) groups is 2. The fourth-order valence-corrected chi connectivity index (χ4v) is 4.44. The normalized spacial score (nSPS) is 10.8. The molecule has 4 rings (SSSR count). The first-order chi connectivity index (χ1) is 20.2. The Morgan fingerprint density at radius 1 is 1.10 bits per heavy atom. The zero-order chi connectivity index (χ0) is 30.2. The molecule has 11 heteroatoms. The van der Waals surface area contributed by atoms with Gasteiger partial charge in [-0.1, -0.05) is 11.6 Å².